The van der Waals surface area contributed by atoms with Crippen LogP contribution in [0.1, 0.15) is 25.0 Å². The van der Waals surface area contributed by atoms with E-state index in [1.54, 1.807) is 0 Å². The maximum Gasteiger partial charge on any atom is 0.191 e. The number of rotatable bonds is 9. The number of morpholine rings is 1. The number of benzene rings is 1. The monoisotopic (exact) mass is 544 g/mol. The number of likely N-dealkylation sites (N-methyl/N-ethyl adjacent to an activating group) is 1. The van der Waals surface area contributed by atoms with Crippen LogP contribution in [0.3, 0.4) is 0 Å². The van der Waals surface area contributed by atoms with Crippen LogP contribution in [0.4, 0.5) is 0 Å². The number of halogens is 1. The fraction of sp³-hybridized carbons (Fsp3) is 0.696. The fourth-order valence-corrected chi connectivity index (χ4v) is 3.94. The molecule has 2 N–H and O–H groups in total. The minimum absolute atomic E-state index is 0. The van der Waals surface area contributed by atoms with Crippen LogP contribution in [0.15, 0.2) is 29.3 Å². The van der Waals surface area contributed by atoms with Crippen molar-refractivity contribution in [1.82, 2.24) is 25.3 Å². The zero-order valence-electron chi connectivity index (χ0n) is 19.3. The Morgan fingerprint density at radius 3 is 2.16 bits per heavy atom. The summed E-state index contributed by atoms with van der Waals surface area (Å²) >= 11 is 0. The fourth-order valence-electron chi connectivity index (χ4n) is 3.94. The highest BCUT2D eigenvalue weighted by Gasteiger charge is 2.15. The van der Waals surface area contributed by atoms with E-state index >= 15 is 0 Å². The van der Waals surface area contributed by atoms with Gasteiger partial charge in [0.2, 0.25) is 0 Å². The third-order valence-corrected chi connectivity index (χ3v) is 5.93. The van der Waals surface area contributed by atoms with Crippen LogP contribution >= 0.6 is 24.0 Å². The van der Waals surface area contributed by atoms with Gasteiger partial charge in [0, 0.05) is 65.4 Å². The number of guanidine groups is 1. The molecule has 7 nitrogen and oxygen atoms in total. The van der Waals surface area contributed by atoms with E-state index in [1.165, 1.54) is 43.9 Å². The number of aliphatic imine (C=N–C) groups is 1. The second-order valence-corrected chi connectivity index (χ2v) is 8.10. The van der Waals surface area contributed by atoms with Crippen LogP contribution in [0, 0.1) is 0 Å². The van der Waals surface area contributed by atoms with Crippen molar-refractivity contribution in [2.45, 2.75) is 26.9 Å². The van der Waals surface area contributed by atoms with Crippen molar-refractivity contribution >= 4 is 29.9 Å². The molecule has 3 rings (SSSR count). The Kier molecular flexibility index (Phi) is 12.7. The van der Waals surface area contributed by atoms with E-state index in [2.05, 4.69) is 63.4 Å². The van der Waals surface area contributed by atoms with E-state index in [0.29, 0.717) is 6.54 Å². The number of nitrogens with zero attached hydrogens (tertiary/aromatic N) is 4. The van der Waals surface area contributed by atoms with Crippen molar-refractivity contribution in [1.29, 1.82) is 0 Å². The van der Waals surface area contributed by atoms with Gasteiger partial charge in [-0.05, 0) is 24.6 Å². The molecule has 0 unspecified atom stereocenters. The summed E-state index contributed by atoms with van der Waals surface area (Å²) < 4.78 is 5.41. The van der Waals surface area contributed by atoms with Crippen LogP contribution in [0.2, 0.25) is 0 Å². The Labute approximate surface area is 205 Å². The lowest BCUT2D eigenvalue weighted by molar-refractivity contribution is 0.0389. The van der Waals surface area contributed by atoms with Crippen molar-refractivity contribution in [2.75, 3.05) is 78.7 Å². The molecule has 0 aromatic heterocycles. The molecule has 176 valence electrons. The summed E-state index contributed by atoms with van der Waals surface area (Å²) in [5.74, 6) is 0.892. The van der Waals surface area contributed by atoms with Gasteiger partial charge in [0.1, 0.15) is 0 Å². The van der Waals surface area contributed by atoms with Gasteiger partial charge in [0.15, 0.2) is 5.96 Å². The summed E-state index contributed by atoms with van der Waals surface area (Å²) in [4.78, 5) is 12.3. The van der Waals surface area contributed by atoms with Gasteiger partial charge in [-0.1, -0.05) is 31.2 Å². The Bertz CT molecular complexity index is 627. The molecule has 0 saturated carbocycles. The smallest absolute Gasteiger partial charge is 0.191 e. The zero-order valence-corrected chi connectivity index (χ0v) is 21.6. The summed E-state index contributed by atoms with van der Waals surface area (Å²) in [5, 5.41) is 6.81. The van der Waals surface area contributed by atoms with Gasteiger partial charge in [-0.15, -0.1) is 24.0 Å². The number of hydrogen-bond donors (Lipinski definition) is 2. The first kappa shape index (κ1) is 26.3. The normalized spacial score (nSPS) is 19.1. The van der Waals surface area contributed by atoms with Gasteiger partial charge < -0.3 is 20.3 Å². The zero-order chi connectivity index (χ0) is 21.0. The molecule has 2 heterocycles. The lowest BCUT2D eigenvalue weighted by Gasteiger charge is -2.34. The molecule has 2 fully saturated rings. The molecule has 2 aliphatic heterocycles. The quantitative estimate of drug-likeness (QED) is 0.281. The van der Waals surface area contributed by atoms with Crippen LogP contribution in [-0.2, 0) is 17.8 Å². The highest BCUT2D eigenvalue weighted by atomic mass is 127. The van der Waals surface area contributed by atoms with Crippen LogP contribution < -0.4 is 10.6 Å². The summed E-state index contributed by atoms with van der Waals surface area (Å²) in [5.41, 5.74) is 2.64. The molecular formula is C23H41IN6O. The molecule has 31 heavy (non-hydrogen) atoms. The van der Waals surface area contributed by atoms with E-state index in [9.17, 15) is 0 Å². The molecule has 8 heteroatoms. The predicted octanol–water partition coefficient (Wildman–Crippen LogP) is 1.83. The first-order chi connectivity index (χ1) is 14.8. The maximum absolute atomic E-state index is 5.41. The molecule has 2 saturated heterocycles. The Hall–Kier alpha value is -0.940. The lowest BCUT2D eigenvalue weighted by atomic mass is 10.1. The molecule has 0 radical (unpaired) electrons. The predicted molar refractivity (Wildman–Crippen MR) is 139 cm³/mol. The maximum atomic E-state index is 5.41. The minimum atomic E-state index is 0. The Morgan fingerprint density at radius 2 is 1.52 bits per heavy atom. The highest BCUT2D eigenvalue weighted by Crippen LogP contribution is 2.11. The third kappa shape index (κ3) is 9.61. The molecule has 0 amide bonds. The molecule has 1 aromatic carbocycles. The van der Waals surface area contributed by atoms with Crippen molar-refractivity contribution < 1.29 is 4.74 Å². The van der Waals surface area contributed by atoms with Crippen molar-refractivity contribution in [3.63, 3.8) is 0 Å². The number of piperazine rings is 1. The van der Waals surface area contributed by atoms with E-state index < -0.39 is 0 Å². The summed E-state index contributed by atoms with van der Waals surface area (Å²) in [6.45, 7) is 18.5. The minimum Gasteiger partial charge on any atom is -0.379 e. The number of hydrogen-bond acceptors (Lipinski definition) is 5. The number of ether oxygens (including phenoxy) is 1. The average Bonchev–Trinajstić information content (AvgIpc) is 2.80. The highest BCUT2D eigenvalue weighted by molar-refractivity contribution is 14.0. The molecule has 1 aromatic rings. The van der Waals surface area contributed by atoms with Gasteiger partial charge in [-0.2, -0.15) is 0 Å². The van der Waals surface area contributed by atoms with Gasteiger partial charge in [0.25, 0.3) is 0 Å². The lowest BCUT2D eigenvalue weighted by Crippen LogP contribution is -2.45. The van der Waals surface area contributed by atoms with Crippen molar-refractivity contribution in [2.24, 2.45) is 4.99 Å². The largest absolute Gasteiger partial charge is 0.379 e. The summed E-state index contributed by atoms with van der Waals surface area (Å²) in [7, 11) is 0. The first-order valence-corrected chi connectivity index (χ1v) is 11.6. The van der Waals surface area contributed by atoms with Crippen LogP contribution in [0.5, 0.6) is 0 Å². The van der Waals surface area contributed by atoms with E-state index in [0.717, 1.165) is 58.4 Å². The second-order valence-electron chi connectivity index (χ2n) is 8.10. The van der Waals surface area contributed by atoms with Gasteiger partial charge in [0.05, 0.1) is 19.8 Å². The summed E-state index contributed by atoms with van der Waals surface area (Å²) in [6.07, 6.45) is 0. The van der Waals surface area contributed by atoms with Gasteiger partial charge in [-0.25, -0.2) is 4.99 Å². The molecule has 0 spiro atoms. The van der Waals surface area contributed by atoms with Gasteiger partial charge >= 0.3 is 0 Å². The third-order valence-electron chi connectivity index (χ3n) is 5.93. The molecule has 0 bridgehead atoms. The Balaban J connectivity index is 0.00000341. The molecular weight excluding hydrogens is 503 g/mol. The molecule has 0 atom stereocenters. The Morgan fingerprint density at radius 1 is 0.871 bits per heavy atom. The topological polar surface area (TPSA) is 55.4 Å². The SMILES string of the molecule is CCNC(=NCc1ccc(CN2CCN(CC)CC2)cc1)NCCN1CCOCC1.I. The summed E-state index contributed by atoms with van der Waals surface area (Å²) in [6, 6.07) is 8.96. The standard InChI is InChI=1S/C23H40N6O.HI/c1-3-24-23(25-9-10-28-15-17-30-18-16-28)26-19-21-5-7-22(8-6-21)20-29-13-11-27(4-2)12-14-29;/h5-8H,3-4,9-20H2,1-2H3,(H2,24,25,26);1H. The van der Waals surface area contributed by atoms with Crippen molar-refractivity contribution in [3.05, 3.63) is 35.4 Å². The van der Waals surface area contributed by atoms with E-state index in [4.69, 9.17) is 9.73 Å². The number of nitrogens with one attached hydrogen (secondary N) is 2. The second kappa shape index (κ2) is 15.0. The van der Waals surface area contributed by atoms with Crippen LogP contribution in [0.25, 0.3) is 0 Å². The van der Waals surface area contributed by atoms with E-state index in [1.807, 2.05) is 0 Å². The van der Waals surface area contributed by atoms with E-state index in [-0.39, 0.29) is 24.0 Å². The first-order valence-electron chi connectivity index (χ1n) is 11.6. The molecule has 0 aliphatic carbocycles. The van der Waals surface area contributed by atoms with Gasteiger partial charge in [-0.3, -0.25) is 9.80 Å². The molecule has 2 aliphatic rings. The van der Waals surface area contributed by atoms with Crippen molar-refractivity contribution in [3.8, 4) is 0 Å². The average molecular weight is 545 g/mol. The van der Waals surface area contributed by atoms with Crippen LogP contribution in [-0.4, -0.2) is 99.3 Å².